The van der Waals surface area contributed by atoms with Gasteiger partial charge in [0.1, 0.15) is 0 Å². The molecule has 2 rings (SSSR count). The highest BCUT2D eigenvalue weighted by Gasteiger charge is 2.03. The molecule has 18 heavy (non-hydrogen) atoms. The van der Waals surface area contributed by atoms with Crippen LogP contribution in [0, 0.1) is 13.8 Å². The maximum atomic E-state index is 11.3. The Morgan fingerprint density at radius 2 is 1.78 bits per heavy atom. The first-order valence-corrected chi connectivity index (χ1v) is 5.75. The van der Waals surface area contributed by atoms with E-state index >= 15 is 0 Å². The van der Waals surface area contributed by atoms with Crippen molar-refractivity contribution in [3.63, 3.8) is 0 Å². The summed E-state index contributed by atoms with van der Waals surface area (Å²) in [5.41, 5.74) is 3.30. The van der Waals surface area contributed by atoms with Crippen molar-refractivity contribution in [1.82, 2.24) is 9.97 Å². The van der Waals surface area contributed by atoms with E-state index < -0.39 is 0 Å². The second-order valence-corrected chi connectivity index (χ2v) is 4.24. The smallest absolute Gasteiger partial charge is 0.227 e. The zero-order chi connectivity index (χ0) is 13.1. The Kier molecular flexibility index (Phi) is 3.37. The normalized spacial score (nSPS) is 10.2. The van der Waals surface area contributed by atoms with Crippen LogP contribution in [0.4, 0.5) is 11.6 Å². The Morgan fingerprint density at radius 1 is 1.11 bits per heavy atom. The summed E-state index contributed by atoms with van der Waals surface area (Å²) >= 11 is 0. The highest BCUT2D eigenvalue weighted by Crippen LogP contribution is 2.15. The van der Waals surface area contributed by atoms with Crippen molar-refractivity contribution >= 4 is 17.4 Å². The van der Waals surface area contributed by atoms with Crippen LogP contribution in [0.2, 0.25) is 0 Å². The lowest BCUT2D eigenvalue weighted by Gasteiger charge is -2.07. The quantitative estimate of drug-likeness (QED) is 0.839. The van der Waals surface area contributed by atoms with Crippen LogP contribution in [-0.4, -0.2) is 15.8 Å². The van der Waals surface area contributed by atoms with Crippen LogP contribution < -0.4 is 5.32 Å². The van der Waals surface area contributed by atoms with E-state index in [0.29, 0.717) is 11.5 Å². The van der Waals surface area contributed by atoms with Gasteiger partial charge < -0.3 is 5.32 Å². The molecule has 1 heterocycles. The molecule has 0 amide bonds. The molecular formula is C14H15N3O. The van der Waals surface area contributed by atoms with Crippen LogP contribution in [0.1, 0.15) is 28.7 Å². The predicted molar refractivity (Wildman–Crippen MR) is 71.2 cm³/mol. The van der Waals surface area contributed by atoms with Crippen molar-refractivity contribution in [1.29, 1.82) is 0 Å². The summed E-state index contributed by atoms with van der Waals surface area (Å²) in [5.74, 6) is 0.591. The van der Waals surface area contributed by atoms with Gasteiger partial charge in [0.2, 0.25) is 5.95 Å². The van der Waals surface area contributed by atoms with Gasteiger partial charge in [-0.1, -0.05) is 12.1 Å². The average Bonchev–Trinajstić information content (AvgIpc) is 2.27. The van der Waals surface area contributed by atoms with Crippen molar-refractivity contribution in [3.8, 4) is 0 Å². The maximum Gasteiger partial charge on any atom is 0.227 e. The molecule has 1 N–H and O–H groups in total. The van der Waals surface area contributed by atoms with Gasteiger partial charge in [0.25, 0.3) is 0 Å². The molecule has 4 heteroatoms. The fourth-order valence-electron chi connectivity index (χ4n) is 1.73. The van der Waals surface area contributed by atoms with E-state index in [1.54, 1.807) is 19.1 Å². The highest BCUT2D eigenvalue weighted by molar-refractivity contribution is 5.95. The summed E-state index contributed by atoms with van der Waals surface area (Å²) in [6.45, 7) is 5.39. The first kappa shape index (κ1) is 12.2. The number of aryl methyl sites for hydroxylation is 2. The van der Waals surface area contributed by atoms with Crippen molar-refractivity contribution in [2.45, 2.75) is 20.8 Å². The topological polar surface area (TPSA) is 54.9 Å². The molecule has 92 valence electrons. The monoisotopic (exact) mass is 241 g/mol. The van der Waals surface area contributed by atoms with Crippen LogP contribution in [0.15, 0.2) is 30.3 Å². The lowest BCUT2D eigenvalue weighted by molar-refractivity contribution is 0.101. The number of benzene rings is 1. The number of carbonyl (C=O) groups excluding carboxylic acids is 1. The summed E-state index contributed by atoms with van der Waals surface area (Å²) < 4.78 is 0. The van der Waals surface area contributed by atoms with Gasteiger partial charge in [-0.3, -0.25) is 4.79 Å². The fraction of sp³-hybridized carbons (Fsp3) is 0.214. The van der Waals surface area contributed by atoms with Crippen LogP contribution in [0.25, 0.3) is 0 Å². The number of ketones is 1. The molecule has 0 aliphatic rings. The molecule has 0 unspecified atom stereocenters. The first-order valence-electron chi connectivity index (χ1n) is 5.75. The number of nitrogens with zero attached hydrogens (tertiary/aromatic N) is 2. The maximum absolute atomic E-state index is 11.3. The van der Waals surface area contributed by atoms with Gasteiger partial charge >= 0.3 is 0 Å². The average molecular weight is 241 g/mol. The van der Waals surface area contributed by atoms with Crippen molar-refractivity contribution in [2.75, 3.05) is 5.32 Å². The Bertz CT molecular complexity index is 573. The fourth-order valence-corrected chi connectivity index (χ4v) is 1.73. The van der Waals surface area contributed by atoms with E-state index in [1.807, 2.05) is 32.0 Å². The van der Waals surface area contributed by atoms with E-state index in [0.717, 1.165) is 17.1 Å². The van der Waals surface area contributed by atoms with Gasteiger partial charge in [-0.25, -0.2) is 9.97 Å². The van der Waals surface area contributed by atoms with E-state index in [2.05, 4.69) is 15.3 Å². The molecule has 0 fully saturated rings. The SMILES string of the molecule is CC(=O)c1cccc(Nc2nc(C)cc(C)n2)c1. The third kappa shape index (κ3) is 2.91. The highest BCUT2D eigenvalue weighted by atomic mass is 16.1. The van der Waals surface area contributed by atoms with E-state index in [-0.39, 0.29) is 5.78 Å². The molecule has 0 bridgehead atoms. The zero-order valence-corrected chi connectivity index (χ0v) is 10.7. The van der Waals surface area contributed by atoms with Gasteiger partial charge in [0.15, 0.2) is 5.78 Å². The summed E-state index contributed by atoms with van der Waals surface area (Å²) in [5, 5.41) is 3.11. The molecule has 0 atom stereocenters. The second kappa shape index (κ2) is 4.96. The van der Waals surface area contributed by atoms with Gasteiger partial charge in [-0.2, -0.15) is 0 Å². The van der Waals surface area contributed by atoms with E-state index in [1.165, 1.54) is 0 Å². The summed E-state index contributed by atoms with van der Waals surface area (Å²) in [4.78, 5) is 19.9. The molecule has 4 nitrogen and oxygen atoms in total. The first-order chi connectivity index (χ1) is 8.54. The predicted octanol–water partition coefficient (Wildman–Crippen LogP) is 3.04. The third-order valence-electron chi connectivity index (χ3n) is 2.51. The van der Waals surface area contributed by atoms with Gasteiger partial charge in [-0.05, 0) is 39.0 Å². The minimum absolute atomic E-state index is 0.0417. The Labute approximate surface area is 106 Å². The Balaban J connectivity index is 2.28. The summed E-state index contributed by atoms with van der Waals surface area (Å²) in [6, 6.07) is 9.21. The molecule has 0 spiro atoms. The van der Waals surface area contributed by atoms with Crippen LogP contribution in [-0.2, 0) is 0 Å². The van der Waals surface area contributed by atoms with Gasteiger partial charge in [0, 0.05) is 22.6 Å². The van der Waals surface area contributed by atoms with Crippen molar-refractivity contribution in [2.24, 2.45) is 0 Å². The number of aromatic nitrogens is 2. The molecule has 0 aliphatic heterocycles. The number of nitrogens with one attached hydrogen (secondary N) is 1. The summed E-state index contributed by atoms with van der Waals surface area (Å²) in [6.07, 6.45) is 0. The zero-order valence-electron chi connectivity index (χ0n) is 10.7. The standard InChI is InChI=1S/C14H15N3O/c1-9-7-10(2)16-14(15-9)17-13-6-4-5-12(8-13)11(3)18/h4-8H,1-3H3,(H,15,16,17). The molecule has 0 saturated heterocycles. The minimum Gasteiger partial charge on any atom is -0.324 e. The molecule has 1 aromatic carbocycles. The number of carbonyl (C=O) groups is 1. The molecule has 0 saturated carbocycles. The largest absolute Gasteiger partial charge is 0.324 e. The summed E-state index contributed by atoms with van der Waals surface area (Å²) in [7, 11) is 0. The number of hydrogen-bond donors (Lipinski definition) is 1. The third-order valence-corrected chi connectivity index (χ3v) is 2.51. The molecule has 0 aliphatic carbocycles. The minimum atomic E-state index is 0.0417. The van der Waals surface area contributed by atoms with E-state index in [4.69, 9.17) is 0 Å². The molecule has 0 radical (unpaired) electrons. The van der Waals surface area contributed by atoms with Crippen molar-refractivity contribution in [3.05, 3.63) is 47.3 Å². The van der Waals surface area contributed by atoms with Crippen LogP contribution >= 0.6 is 0 Å². The van der Waals surface area contributed by atoms with E-state index in [9.17, 15) is 4.79 Å². The second-order valence-electron chi connectivity index (χ2n) is 4.24. The number of hydrogen-bond acceptors (Lipinski definition) is 4. The molecular weight excluding hydrogens is 226 g/mol. The van der Waals surface area contributed by atoms with Gasteiger partial charge in [0.05, 0.1) is 0 Å². The Morgan fingerprint density at radius 3 is 2.39 bits per heavy atom. The molecule has 1 aromatic heterocycles. The number of Topliss-reactive ketones (excluding diaryl/α,β-unsaturated/α-hetero) is 1. The van der Waals surface area contributed by atoms with Crippen LogP contribution in [0.5, 0.6) is 0 Å². The lowest BCUT2D eigenvalue weighted by Crippen LogP contribution is -2.01. The number of anilines is 2. The lowest BCUT2D eigenvalue weighted by atomic mass is 10.1. The Hall–Kier alpha value is -2.23. The van der Waals surface area contributed by atoms with Gasteiger partial charge in [-0.15, -0.1) is 0 Å². The van der Waals surface area contributed by atoms with Crippen LogP contribution in [0.3, 0.4) is 0 Å². The molecule has 2 aromatic rings. The number of rotatable bonds is 3. The van der Waals surface area contributed by atoms with Crippen molar-refractivity contribution < 1.29 is 4.79 Å².